The van der Waals surface area contributed by atoms with E-state index in [0.29, 0.717) is 11.7 Å². The van der Waals surface area contributed by atoms with Gasteiger partial charge in [-0.15, -0.1) is 0 Å². The average molecular weight is 417 g/mol. The van der Waals surface area contributed by atoms with Crippen molar-refractivity contribution < 1.29 is 9.84 Å². The Bertz CT molecular complexity index is 298. The highest BCUT2D eigenvalue weighted by molar-refractivity contribution is 7.99. The molecule has 1 N–H and O–H groups in total. The highest BCUT2D eigenvalue weighted by Gasteiger charge is 2.20. The zero-order valence-corrected chi connectivity index (χ0v) is 20.5. The van der Waals surface area contributed by atoms with Crippen molar-refractivity contribution in [1.29, 1.82) is 0 Å². The summed E-state index contributed by atoms with van der Waals surface area (Å²) in [6, 6.07) is 0. The molecule has 0 saturated carbocycles. The van der Waals surface area contributed by atoms with Crippen LogP contribution in [0.5, 0.6) is 0 Å². The van der Waals surface area contributed by atoms with Crippen molar-refractivity contribution in [2.24, 2.45) is 0 Å². The molecule has 170 valence electrons. The number of aliphatic hydroxyl groups excluding tert-OH is 1. The van der Waals surface area contributed by atoms with Crippen LogP contribution in [-0.2, 0) is 4.74 Å². The van der Waals surface area contributed by atoms with Crippen molar-refractivity contribution in [3.63, 3.8) is 0 Å². The molecule has 0 heterocycles. The first-order chi connectivity index (χ1) is 13.7. The predicted octanol–water partition coefficient (Wildman–Crippen LogP) is 8.50. The van der Waals surface area contributed by atoms with E-state index in [1.165, 1.54) is 108 Å². The number of thioether (sulfide) groups is 1. The van der Waals surface area contributed by atoms with Gasteiger partial charge in [0.15, 0.2) is 6.29 Å². The third-order valence-corrected chi connectivity index (χ3v) is 7.24. The Hall–Kier alpha value is 0.270. The van der Waals surface area contributed by atoms with Crippen LogP contribution in [0.1, 0.15) is 137 Å². The second-order valence-corrected chi connectivity index (χ2v) is 9.85. The van der Waals surface area contributed by atoms with E-state index in [4.69, 9.17) is 4.74 Å². The average Bonchev–Trinajstić information content (AvgIpc) is 2.69. The minimum Gasteiger partial charge on any atom is -0.368 e. The van der Waals surface area contributed by atoms with Gasteiger partial charge < -0.3 is 9.84 Å². The van der Waals surface area contributed by atoms with E-state index in [2.05, 4.69) is 32.5 Å². The highest BCUT2D eigenvalue weighted by Crippen LogP contribution is 2.26. The van der Waals surface area contributed by atoms with Gasteiger partial charge in [0.05, 0.1) is 6.10 Å². The topological polar surface area (TPSA) is 29.5 Å². The summed E-state index contributed by atoms with van der Waals surface area (Å²) in [5.41, 5.74) is 0. The molecule has 0 aliphatic heterocycles. The minimum absolute atomic E-state index is 0.147. The van der Waals surface area contributed by atoms with Gasteiger partial charge in [-0.05, 0) is 31.9 Å². The molecule has 0 radical (unpaired) electrons. The van der Waals surface area contributed by atoms with Crippen LogP contribution in [0, 0.1) is 0 Å². The summed E-state index contributed by atoms with van der Waals surface area (Å²) in [7, 11) is 0. The number of hydrogen-bond donors (Lipinski definition) is 1. The molecule has 3 atom stereocenters. The van der Waals surface area contributed by atoms with Gasteiger partial charge in [0.1, 0.15) is 0 Å². The van der Waals surface area contributed by atoms with Crippen LogP contribution in [0.4, 0.5) is 0 Å². The lowest BCUT2D eigenvalue weighted by Gasteiger charge is -2.26. The number of hydrogen-bond acceptors (Lipinski definition) is 3. The second-order valence-electron chi connectivity index (χ2n) is 8.50. The van der Waals surface area contributed by atoms with Gasteiger partial charge in [-0.25, -0.2) is 0 Å². The van der Waals surface area contributed by atoms with E-state index in [9.17, 15) is 5.11 Å². The van der Waals surface area contributed by atoms with Crippen molar-refractivity contribution in [2.75, 3.05) is 5.75 Å². The van der Waals surface area contributed by atoms with Crippen molar-refractivity contribution in [2.45, 2.75) is 154 Å². The summed E-state index contributed by atoms with van der Waals surface area (Å²) in [6.45, 7) is 8.69. The van der Waals surface area contributed by atoms with Gasteiger partial charge >= 0.3 is 0 Å². The fourth-order valence-corrected chi connectivity index (χ4v) is 5.00. The molecular weight excluding hydrogens is 364 g/mol. The van der Waals surface area contributed by atoms with Crippen molar-refractivity contribution in [3.8, 4) is 0 Å². The van der Waals surface area contributed by atoms with Gasteiger partial charge in [0, 0.05) is 5.25 Å². The minimum atomic E-state index is -0.601. The molecule has 3 unspecified atom stereocenters. The zero-order valence-electron chi connectivity index (χ0n) is 19.7. The van der Waals surface area contributed by atoms with E-state index >= 15 is 0 Å². The molecule has 0 aromatic carbocycles. The first-order valence-corrected chi connectivity index (χ1v) is 13.7. The molecule has 0 aliphatic rings. The Kier molecular flexibility index (Phi) is 22.2. The van der Waals surface area contributed by atoms with Crippen LogP contribution >= 0.6 is 11.8 Å². The third-order valence-electron chi connectivity index (χ3n) is 5.67. The molecule has 0 rings (SSSR count). The predicted molar refractivity (Wildman–Crippen MR) is 128 cm³/mol. The monoisotopic (exact) mass is 416 g/mol. The quantitative estimate of drug-likeness (QED) is 0.142. The Balaban J connectivity index is 3.86. The molecule has 0 aromatic heterocycles. The maximum absolute atomic E-state index is 9.85. The van der Waals surface area contributed by atoms with Gasteiger partial charge in [0.2, 0.25) is 0 Å². The lowest BCUT2D eigenvalue weighted by Crippen LogP contribution is -2.28. The lowest BCUT2D eigenvalue weighted by atomic mass is 10.1. The summed E-state index contributed by atoms with van der Waals surface area (Å²) in [5, 5.41) is 10.4. The van der Waals surface area contributed by atoms with Gasteiger partial charge in [-0.1, -0.05) is 111 Å². The summed E-state index contributed by atoms with van der Waals surface area (Å²) in [4.78, 5) is 0. The molecule has 0 spiro atoms. The number of unbranched alkanes of at least 4 members (excludes halogenated alkanes) is 13. The van der Waals surface area contributed by atoms with E-state index in [-0.39, 0.29) is 6.10 Å². The molecule has 0 fully saturated rings. The van der Waals surface area contributed by atoms with Gasteiger partial charge in [-0.2, -0.15) is 11.8 Å². The number of ether oxygens (including phenoxy) is 1. The first-order valence-electron chi connectivity index (χ1n) is 12.6. The number of aliphatic hydroxyl groups is 1. The molecular formula is C25H52O2S. The van der Waals surface area contributed by atoms with Crippen molar-refractivity contribution in [1.82, 2.24) is 0 Å². The molecule has 0 aliphatic carbocycles. The largest absolute Gasteiger partial charge is 0.368 e. The van der Waals surface area contributed by atoms with Crippen molar-refractivity contribution in [3.05, 3.63) is 0 Å². The van der Waals surface area contributed by atoms with Crippen LogP contribution in [-0.4, -0.2) is 28.5 Å². The molecule has 0 amide bonds. The Labute approximate surface area is 182 Å². The van der Waals surface area contributed by atoms with Crippen LogP contribution < -0.4 is 0 Å². The maximum Gasteiger partial charge on any atom is 0.154 e. The summed E-state index contributed by atoms with van der Waals surface area (Å²) in [6.07, 6.45) is 22.1. The zero-order chi connectivity index (χ0) is 20.9. The van der Waals surface area contributed by atoms with Crippen molar-refractivity contribution >= 4 is 11.8 Å². The summed E-state index contributed by atoms with van der Waals surface area (Å²) in [5.74, 6) is 1.24. The second kappa shape index (κ2) is 22.0. The van der Waals surface area contributed by atoms with Gasteiger partial charge in [-0.3, -0.25) is 0 Å². The Morgan fingerprint density at radius 2 is 1.14 bits per heavy atom. The van der Waals surface area contributed by atoms with Crippen LogP contribution in [0.2, 0.25) is 0 Å². The SMILES string of the molecule is CCCCCCCCCCCCSC(CCCCCCC)C(C)OC(O)CC. The standard InChI is InChI=1S/C25H52O2S/c1-5-8-10-12-13-14-15-16-18-20-22-28-24(21-19-17-11-9-6-2)23(4)27-25(26)7-3/h23-26H,5-22H2,1-4H3. The normalized spacial score (nSPS) is 14.9. The number of rotatable bonds is 22. The lowest BCUT2D eigenvalue weighted by molar-refractivity contribution is -0.131. The Morgan fingerprint density at radius 3 is 1.64 bits per heavy atom. The van der Waals surface area contributed by atoms with Crippen LogP contribution in [0.25, 0.3) is 0 Å². The Morgan fingerprint density at radius 1 is 0.679 bits per heavy atom. The first kappa shape index (κ1) is 28.3. The third kappa shape index (κ3) is 18.3. The van der Waals surface area contributed by atoms with E-state index in [0.717, 1.165) is 0 Å². The smallest absolute Gasteiger partial charge is 0.154 e. The highest BCUT2D eigenvalue weighted by atomic mass is 32.2. The van der Waals surface area contributed by atoms with Crippen LogP contribution in [0.3, 0.4) is 0 Å². The van der Waals surface area contributed by atoms with E-state index in [1.54, 1.807) is 0 Å². The van der Waals surface area contributed by atoms with E-state index in [1.807, 2.05) is 6.92 Å². The molecule has 2 nitrogen and oxygen atoms in total. The maximum atomic E-state index is 9.85. The fraction of sp³-hybridized carbons (Fsp3) is 1.00. The molecule has 28 heavy (non-hydrogen) atoms. The van der Waals surface area contributed by atoms with Crippen LogP contribution in [0.15, 0.2) is 0 Å². The summed E-state index contributed by atoms with van der Waals surface area (Å²) < 4.78 is 5.82. The van der Waals surface area contributed by atoms with Gasteiger partial charge in [0.25, 0.3) is 0 Å². The molecule has 3 heteroatoms. The summed E-state index contributed by atoms with van der Waals surface area (Å²) >= 11 is 2.09. The fourth-order valence-electron chi connectivity index (χ4n) is 3.66. The molecule has 0 bridgehead atoms. The van der Waals surface area contributed by atoms with E-state index < -0.39 is 6.29 Å². The molecule has 0 saturated heterocycles. The molecule has 0 aromatic rings.